The lowest BCUT2D eigenvalue weighted by atomic mass is 10.00. The lowest BCUT2D eigenvalue weighted by molar-refractivity contribution is -0.128. The third-order valence-corrected chi connectivity index (χ3v) is 5.68. The van der Waals surface area contributed by atoms with Crippen LogP contribution in [0.4, 0.5) is 0 Å². The molecule has 0 spiro atoms. The number of carbonyl (C=O) groups is 2. The van der Waals surface area contributed by atoms with Gasteiger partial charge in [-0.2, -0.15) is 0 Å². The third kappa shape index (κ3) is 7.76. The molecule has 0 saturated heterocycles. The normalized spacial score (nSPS) is 11.7. The first-order valence-electron chi connectivity index (χ1n) is 11.7. The van der Waals surface area contributed by atoms with Gasteiger partial charge >= 0.3 is 0 Å². The molecule has 0 saturated carbocycles. The van der Waals surface area contributed by atoms with E-state index in [0.717, 1.165) is 17.5 Å². The van der Waals surface area contributed by atoms with Crippen molar-refractivity contribution in [2.45, 2.75) is 31.9 Å². The van der Waals surface area contributed by atoms with E-state index < -0.39 is 6.04 Å². The van der Waals surface area contributed by atoms with E-state index in [1.54, 1.807) is 6.20 Å². The van der Waals surface area contributed by atoms with Crippen molar-refractivity contribution in [2.75, 3.05) is 6.61 Å². The SMILES string of the molecule is O=C(Cc1cnc[nH]1)N[C@@H](COCc1ccccc1)C(=O)Cc1ccc(Cc2ccccc2)cc1. The Hall–Kier alpha value is -4.03. The maximum Gasteiger partial charge on any atom is 0.226 e. The number of aromatic nitrogens is 2. The molecule has 0 unspecified atom stereocenters. The number of ether oxygens (including phenoxy) is 1. The van der Waals surface area contributed by atoms with Gasteiger partial charge in [0.25, 0.3) is 0 Å². The van der Waals surface area contributed by atoms with Crippen LogP contribution in [0.5, 0.6) is 0 Å². The molecule has 1 aromatic heterocycles. The second-order valence-electron chi connectivity index (χ2n) is 8.50. The predicted octanol–water partition coefficient (Wildman–Crippen LogP) is 4.06. The van der Waals surface area contributed by atoms with E-state index in [1.165, 1.54) is 17.5 Å². The molecule has 6 heteroatoms. The number of carbonyl (C=O) groups excluding carboxylic acids is 2. The standard InChI is InChI=1S/C29H29N3O3/c33-28(16-24-13-11-23(12-14-24)15-22-7-3-1-4-8-22)27(20-35-19-25-9-5-2-6-10-25)32-29(34)17-26-18-30-21-31-26/h1-14,18,21,27H,15-17,19-20H2,(H,30,31)(H,32,34)/t27-/m0/s1. The Labute approximate surface area is 205 Å². The van der Waals surface area contributed by atoms with Crippen LogP contribution in [0.15, 0.2) is 97.5 Å². The molecule has 178 valence electrons. The van der Waals surface area contributed by atoms with Crippen molar-refractivity contribution < 1.29 is 14.3 Å². The lowest BCUT2D eigenvalue weighted by Gasteiger charge is -2.18. The number of Topliss-reactive ketones (excluding diaryl/α,β-unsaturated/α-hetero) is 1. The van der Waals surface area contributed by atoms with Gasteiger partial charge in [0.15, 0.2) is 5.78 Å². The molecule has 2 N–H and O–H groups in total. The second kappa shape index (κ2) is 12.4. The van der Waals surface area contributed by atoms with Crippen molar-refractivity contribution in [3.63, 3.8) is 0 Å². The minimum Gasteiger partial charge on any atom is -0.374 e. The molecule has 1 heterocycles. The number of benzene rings is 3. The molecule has 0 aliphatic heterocycles. The van der Waals surface area contributed by atoms with Gasteiger partial charge < -0.3 is 15.0 Å². The summed E-state index contributed by atoms with van der Waals surface area (Å²) in [6.45, 7) is 0.476. The van der Waals surface area contributed by atoms with Crippen LogP contribution in [-0.2, 0) is 40.2 Å². The van der Waals surface area contributed by atoms with Crippen LogP contribution >= 0.6 is 0 Å². The highest BCUT2D eigenvalue weighted by Crippen LogP contribution is 2.12. The Morgan fingerprint density at radius 3 is 2.09 bits per heavy atom. The molecular weight excluding hydrogens is 438 g/mol. The summed E-state index contributed by atoms with van der Waals surface area (Å²) in [4.78, 5) is 32.6. The maximum atomic E-state index is 13.2. The van der Waals surface area contributed by atoms with Crippen LogP contribution < -0.4 is 5.32 Å². The Morgan fingerprint density at radius 1 is 0.800 bits per heavy atom. The van der Waals surface area contributed by atoms with Crippen molar-refractivity contribution >= 4 is 11.7 Å². The number of aromatic amines is 1. The molecule has 0 fully saturated rings. The van der Waals surface area contributed by atoms with Crippen molar-refractivity contribution in [2.24, 2.45) is 0 Å². The molecule has 4 aromatic rings. The average molecular weight is 468 g/mol. The van der Waals surface area contributed by atoms with Gasteiger partial charge in [-0.3, -0.25) is 9.59 Å². The molecule has 0 aliphatic rings. The van der Waals surface area contributed by atoms with Crippen molar-refractivity contribution in [1.82, 2.24) is 15.3 Å². The number of nitrogens with one attached hydrogen (secondary N) is 2. The van der Waals surface area contributed by atoms with Crippen LogP contribution in [0.1, 0.15) is 27.9 Å². The number of hydrogen-bond acceptors (Lipinski definition) is 4. The van der Waals surface area contributed by atoms with Crippen LogP contribution in [0.2, 0.25) is 0 Å². The van der Waals surface area contributed by atoms with E-state index in [2.05, 4.69) is 27.4 Å². The summed E-state index contributed by atoms with van der Waals surface area (Å²) in [5, 5.41) is 2.84. The highest BCUT2D eigenvalue weighted by molar-refractivity contribution is 5.91. The topological polar surface area (TPSA) is 84.1 Å². The van der Waals surface area contributed by atoms with Crippen LogP contribution in [0.3, 0.4) is 0 Å². The number of hydrogen-bond donors (Lipinski definition) is 2. The maximum absolute atomic E-state index is 13.2. The van der Waals surface area contributed by atoms with Gasteiger partial charge in [0.2, 0.25) is 5.91 Å². The largest absolute Gasteiger partial charge is 0.374 e. The summed E-state index contributed by atoms with van der Waals surface area (Å²) in [7, 11) is 0. The smallest absolute Gasteiger partial charge is 0.226 e. The Kier molecular flexibility index (Phi) is 8.57. The van der Waals surface area contributed by atoms with Gasteiger partial charge in [0, 0.05) is 18.3 Å². The zero-order valence-corrected chi connectivity index (χ0v) is 19.5. The quantitative estimate of drug-likeness (QED) is 0.329. The van der Waals surface area contributed by atoms with Gasteiger partial charge in [-0.05, 0) is 28.7 Å². The molecule has 6 nitrogen and oxygen atoms in total. The summed E-state index contributed by atoms with van der Waals surface area (Å²) in [6.07, 6.45) is 4.30. The van der Waals surface area contributed by atoms with Gasteiger partial charge in [-0.15, -0.1) is 0 Å². The predicted molar refractivity (Wildman–Crippen MR) is 135 cm³/mol. The summed E-state index contributed by atoms with van der Waals surface area (Å²) >= 11 is 0. The van der Waals surface area contributed by atoms with E-state index in [1.807, 2.05) is 72.8 Å². The second-order valence-corrected chi connectivity index (χ2v) is 8.50. The van der Waals surface area contributed by atoms with E-state index in [4.69, 9.17) is 4.74 Å². The fourth-order valence-electron chi connectivity index (χ4n) is 3.81. The summed E-state index contributed by atoms with van der Waals surface area (Å²) < 4.78 is 5.81. The molecule has 4 rings (SSSR count). The first kappa shape index (κ1) is 24.1. The minimum atomic E-state index is -0.738. The summed E-state index contributed by atoms with van der Waals surface area (Å²) in [5.41, 5.74) is 5.03. The van der Waals surface area contributed by atoms with Crippen molar-refractivity contribution in [3.8, 4) is 0 Å². The van der Waals surface area contributed by atoms with Crippen molar-refractivity contribution in [1.29, 1.82) is 0 Å². The molecule has 1 amide bonds. The van der Waals surface area contributed by atoms with Gasteiger partial charge in [-0.1, -0.05) is 84.9 Å². The zero-order chi connectivity index (χ0) is 24.3. The number of H-pyrrole nitrogens is 1. The van der Waals surface area contributed by atoms with Crippen molar-refractivity contribution in [3.05, 3.63) is 125 Å². The molecule has 0 radical (unpaired) electrons. The highest BCUT2D eigenvalue weighted by Gasteiger charge is 2.22. The number of ketones is 1. The Morgan fingerprint density at radius 2 is 1.43 bits per heavy atom. The van der Waals surface area contributed by atoms with Crippen LogP contribution in [0, 0.1) is 0 Å². The molecular formula is C29H29N3O3. The molecule has 1 atom stereocenters. The number of imidazole rings is 1. The molecule has 0 aliphatic carbocycles. The van der Waals surface area contributed by atoms with E-state index >= 15 is 0 Å². The summed E-state index contributed by atoms with van der Waals surface area (Å²) in [5.74, 6) is -0.346. The van der Waals surface area contributed by atoms with Gasteiger partial charge in [0.1, 0.15) is 6.04 Å². The highest BCUT2D eigenvalue weighted by atomic mass is 16.5. The average Bonchev–Trinajstić information content (AvgIpc) is 3.39. The first-order chi connectivity index (χ1) is 17.2. The fourth-order valence-corrected chi connectivity index (χ4v) is 3.81. The first-order valence-corrected chi connectivity index (χ1v) is 11.7. The van der Waals surface area contributed by atoms with E-state index in [9.17, 15) is 9.59 Å². The van der Waals surface area contributed by atoms with Gasteiger partial charge in [0.05, 0.1) is 26.0 Å². The molecule has 0 bridgehead atoms. The minimum absolute atomic E-state index is 0.0909. The monoisotopic (exact) mass is 467 g/mol. The fraction of sp³-hybridized carbons (Fsp3) is 0.207. The van der Waals surface area contributed by atoms with E-state index in [0.29, 0.717) is 12.3 Å². The third-order valence-electron chi connectivity index (χ3n) is 5.68. The lowest BCUT2D eigenvalue weighted by Crippen LogP contribution is -2.45. The Bertz CT molecular complexity index is 1190. The summed E-state index contributed by atoms with van der Waals surface area (Å²) in [6, 6.07) is 27.3. The number of rotatable bonds is 12. The number of nitrogens with zero attached hydrogens (tertiary/aromatic N) is 1. The molecule has 3 aromatic carbocycles. The van der Waals surface area contributed by atoms with Gasteiger partial charge in [-0.25, -0.2) is 4.98 Å². The number of amides is 1. The molecule has 35 heavy (non-hydrogen) atoms. The van der Waals surface area contributed by atoms with Crippen LogP contribution in [-0.4, -0.2) is 34.3 Å². The zero-order valence-electron chi connectivity index (χ0n) is 19.5. The van der Waals surface area contributed by atoms with Crippen LogP contribution in [0.25, 0.3) is 0 Å². The van der Waals surface area contributed by atoms with E-state index in [-0.39, 0.29) is 31.1 Å². The Balaban J connectivity index is 1.36.